The van der Waals surface area contributed by atoms with Crippen LogP contribution in [0.2, 0.25) is 0 Å². The Hall–Kier alpha value is -1.88. The summed E-state index contributed by atoms with van der Waals surface area (Å²) in [4.78, 5) is 24.6. The van der Waals surface area contributed by atoms with Crippen LogP contribution < -0.4 is 5.73 Å². The van der Waals surface area contributed by atoms with Crippen molar-refractivity contribution in [2.45, 2.75) is 31.4 Å². The predicted octanol–water partition coefficient (Wildman–Crippen LogP) is 1.65. The first-order chi connectivity index (χ1) is 10.5. The van der Waals surface area contributed by atoms with Crippen LogP contribution in [0, 0.1) is 17.8 Å². The summed E-state index contributed by atoms with van der Waals surface area (Å²) in [6.45, 7) is 0.217. The van der Waals surface area contributed by atoms with E-state index in [-0.39, 0.29) is 18.5 Å². The predicted molar refractivity (Wildman–Crippen MR) is 79.5 cm³/mol. The largest absolute Gasteiger partial charge is 0.469 e. The smallest absolute Gasteiger partial charge is 0.311 e. The van der Waals surface area contributed by atoms with E-state index in [1.54, 1.807) is 0 Å². The average molecular weight is 303 g/mol. The molecule has 0 saturated heterocycles. The second-order valence-electron chi connectivity index (χ2n) is 6.36. The number of rotatable bonds is 4. The minimum absolute atomic E-state index is 0.123. The summed E-state index contributed by atoms with van der Waals surface area (Å²) in [6, 6.07) is 9.50. The Morgan fingerprint density at radius 1 is 1.27 bits per heavy atom. The molecule has 0 heterocycles. The summed E-state index contributed by atoms with van der Waals surface area (Å²) in [5.41, 5.74) is 6.66. The zero-order valence-corrected chi connectivity index (χ0v) is 12.7. The molecule has 1 aromatic rings. The van der Waals surface area contributed by atoms with Gasteiger partial charge < -0.3 is 15.2 Å². The molecule has 0 unspecified atom stereocenters. The second kappa shape index (κ2) is 5.72. The maximum absolute atomic E-state index is 12.5. The standard InChI is InChI=1S/C17H21NO4/c1-21-16(20)14-13(12-7-8-17(14,18)9-12)15(19)22-10-11-5-3-2-4-6-11/h2-6,12-14H,7-10,18H2,1H3/t12-,13-,14+,17+/m0/s1. The van der Waals surface area contributed by atoms with Gasteiger partial charge in [-0.25, -0.2) is 0 Å². The van der Waals surface area contributed by atoms with E-state index < -0.39 is 23.3 Å². The molecule has 0 radical (unpaired) electrons. The van der Waals surface area contributed by atoms with E-state index >= 15 is 0 Å². The normalized spacial score (nSPS) is 32.7. The molecule has 118 valence electrons. The quantitative estimate of drug-likeness (QED) is 0.856. The van der Waals surface area contributed by atoms with E-state index in [9.17, 15) is 9.59 Å². The van der Waals surface area contributed by atoms with Crippen molar-refractivity contribution in [2.24, 2.45) is 23.5 Å². The average Bonchev–Trinajstić information content (AvgIpc) is 3.06. The maximum atomic E-state index is 12.5. The fourth-order valence-electron chi connectivity index (χ4n) is 4.03. The van der Waals surface area contributed by atoms with E-state index in [4.69, 9.17) is 15.2 Å². The summed E-state index contributed by atoms with van der Waals surface area (Å²) >= 11 is 0. The van der Waals surface area contributed by atoms with Gasteiger partial charge in [-0.05, 0) is 30.7 Å². The molecular formula is C17H21NO4. The molecule has 2 bridgehead atoms. The zero-order valence-electron chi connectivity index (χ0n) is 12.7. The van der Waals surface area contributed by atoms with Gasteiger partial charge in [0.2, 0.25) is 0 Å². The van der Waals surface area contributed by atoms with Gasteiger partial charge in [-0.1, -0.05) is 30.3 Å². The Bertz CT molecular complexity index is 573. The first kappa shape index (κ1) is 15.0. The fraction of sp³-hybridized carbons (Fsp3) is 0.529. The Morgan fingerprint density at radius 3 is 2.68 bits per heavy atom. The molecular weight excluding hydrogens is 282 g/mol. The van der Waals surface area contributed by atoms with Gasteiger partial charge in [0.05, 0.1) is 18.9 Å². The van der Waals surface area contributed by atoms with Crippen molar-refractivity contribution in [3.8, 4) is 0 Å². The molecule has 0 aromatic heterocycles. The highest BCUT2D eigenvalue weighted by molar-refractivity contribution is 5.85. The van der Waals surface area contributed by atoms with E-state index in [0.717, 1.165) is 18.4 Å². The highest BCUT2D eigenvalue weighted by Crippen LogP contribution is 2.54. The number of benzene rings is 1. The van der Waals surface area contributed by atoms with Gasteiger partial charge in [0, 0.05) is 5.54 Å². The van der Waals surface area contributed by atoms with Crippen LogP contribution >= 0.6 is 0 Å². The lowest BCUT2D eigenvalue weighted by Crippen LogP contribution is -2.51. The number of fused-ring (bicyclic) bond motifs is 2. The van der Waals surface area contributed by atoms with Crippen molar-refractivity contribution in [3.63, 3.8) is 0 Å². The Morgan fingerprint density at radius 2 is 2.00 bits per heavy atom. The molecule has 0 amide bonds. The van der Waals surface area contributed by atoms with Gasteiger partial charge in [0.25, 0.3) is 0 Å². The second-order valence-corrected chi connectivity index (χ2v) is 6.36. The van der Waals surface area contributed by atoms with Crippen molar-refractivity contribution in [1.82, 2.24) is 0 Å². The van der Waals surface area contributed by atoms with Gasteiger partial charge in [-0.2, -0.15) is 0 Å². The zero-order chi connectivity index (χ0) is 15.7. The van der Waals surface area contributed by atoms with Gasteiger partial charge in [0.15, 0.2) is 0 Å². The minimum atomic E-state index is -0.617. The van der Waals surface area contributed by atoms with Crippen molar-refractivity contribution in [2.75, 3.05) is 7.11 Å². The molecule has 2 aliphatic rings. The van der Waals surface area contributed by atoms with Gasteiger partial charge in [-0.15, -0.1) is 0 Å². The van der Waals surface area contributed by atoms with Crippen LogP contribution in [-0.4, -0.2) is 24.6 Å². The topological polar surface area (TPSA) is 78.6 Å². The first-order valence-corrected chi connectivity index (χ1v) is 7.62. The van der Waals surface area contributed by atoms with E-state index in [0.29, 0.717) is 6.42 Å². The van der Waals surface area contributed by atoms with Gasteiger partial charge in [0.1, 0.15) is 6.61 Å². The van der Waals surface area contributed by atoms with E-state index in [1.807, 2.05) is 30.3 Å². The van der Waals surface area contributed by atoms with Crippen LogP contribution in [0.25, 0.3) is 0 Å². The SMILES string of the molecule is COC(=O)[C@H]1[C@@H](C(=O)OCc2ccccc2)[C@H]2CC[C@@]1(N)C2. The molecule has 5 nitrogen and oxygen atoms in total. The van der Waals surface area contributed by atoms with Crippen molar-refractivity contribution < 1.29 is 19.1 Å². The van der Waals surface area contributed by atoms with E-state index in [1.165, 1.54) is 7.11 Å². The van der Waals surface area contributed by atoms with Gasteiger partial charge >= 0.3 is 11.9 Å². The molecule has 3 rings (SSSR count). The minimum Gasteiger partial charge on any atom is -0.469 e. The number of hydrogen-bond donors (Lipinski definition) is 1. The number of carbonyl (C=O) groups is 2. The number of nitrogens with two attached hydrogens (primary N) is 1. The third kappa shape index (κ3) is 2.50. The third-order valence-corrected chi connectivity index (χ3v) is 5.06. The van der Waals surface area contributed by atoms with E-state index in [2.05, 4.69) is 0 Å². The number of methoxy groups -OCH3 is 1. The molecule has 1 aromatic carbocycles. The Kier molecular flexibility index (Phi) is 3.91. The number of ether oxygens (including phenoxy) is 2. The van der Waals surface area contributed by atoms with Crippen LogP contribution in [-0.2, 0) is 25.7 Å². The molecule has 22 heavy (non-hydrogen) atoms. The highest BCUT2D eigenvalue weighted by atomic mass is 16.5. The molecule has 2 fully saturated rings. The third-order valence-electron chi connectivity index (χ3n) is 5.06. The van der Waals surface area contributed by atoms with Gasteiger partial charge in [-0.3, -0.25) is 9.59 Å². The van der Waals surface area contributed by atoms with Crippen molar-refractivity contribution >= 4 is 11.9 Å². The summed E-state index contributed by atoms with van der Waals surface area (Å²) < 4.78 is 10.3. The molecule has 5 heteroatoms. The molecule has 2 N–H and O–H groups in total. The molecule has 4 atom stereocenters. The summed E-state index contributed by atoms with van der Waals surface area (Å²) in [5, 5.41) is 0. The number of hydrogen-bond acceptors (Lipinski definition) is 5. The summed E-state index contributed by atoms with van der Waals surface area (Å²) in [6.07, 6.45) is 2.33. The lowest BCUT2D eigenvalue weighted by Gasteiger charge is -2.33. The Balaban J connectivity index is 1.72. The van der Waals surface area contributed by atoms with Crippen LogP contribution in [0.3, 0.4) is 0 Å². The summed E-state index contributed by atoms with van der Waals surface area (Å²) in [5.74, 6) is -1.67. The number of esters is 2. The lowest BCUT2D eigenvalue weighted by atomic mass is 9.76. The van der Waals surface area contributed by atoms with Crippen LogP contribution in [0.15, 0.2) is 30.3 Å². The van der Waals surface area contributed by atoms with Crippen molar-refractivity contribution in [1.29, 1.82) is 0 Å². The molecule has 2 aliphatic carbocycles. The van der Waals surface area contributed by atoms with Crippen LogP contribution in [0.1, 0.15) is 24.8 Å². The molecule has 2 saturated carbocycles. The van der Waals surface area contributed by atoms with Crippen LogP contribution in [0.4, 0.5) is 0 Å². The maximum Gasteiger partial charge on any atom is 0.311 e. The monoisotopic (exact) mass is 303 g/mol. The molecule has 0 aliphatic heterocycles. The highest BCUT2D eigenvalue weighted by Gasteiger charge is 2.62. The lowest BCUT2D eigenvalue weighted by molar-refractivity contribution is -0.163. The first-order valence-electron chi connectivity index (χ1n) is 7.62. The van der Waals surface area contributed by atoms with Crippen molar-refractivity contribution in [3.05, 3.63) is 35.9 Å². The summed E-state index contributed by atoms with van der Waals surface area (Å²) in [7, 11) is 1.34. The fourth-order valence-corrected chi connectivity index (χ4v) is 4.03. The molecule has 0 spiro atoms. The number of carbonyl (C=O) groups excluding carboxylic acids is 2. The van der Waals surface area contributed by atoms with Crippen LogP contribution in [0.5, 0.6) is 0 Å². The Labute approximate surface area is 129 Å².